The largest absolute Gasteiger partial charge is 0.271 e. The standard InChI is InChI=1S/C14H13N3O2/c18-14(13-9-5-2-6-10-13)15-17(16-19)11-12-7-3-1-4-8-12/h1-10H,11H2,(H,15,18). The molecule has 2 aromatic carbocycles. The molecule has 0 bridgehead atoms. The lowest BCUT2D eigenvalue weighted by Gasteiger charge is -2.16. The Bertz CT molecular complexity index is 543. The van der Waals surface area contributed by atoms with Crippen LogP contribution >= 0.6 is 0 Å². The van der Waals surface area contributed by atoms with Crippen LogP contribution in [-0.4, -0.2) is 11.0 Å². The smallest absolute Gasteiger partial charge is 0.267 e. The van der Waals surface area contributed by atoms with Gasteiger partial charge in [-0.25, -0.2) is 5.43 Å². The fourth-order valence-electron chi connectivity index (χ4n) is 1.62. The van der Waals surface area contributed by atoms with Crippen molar-refractivity contribution in [1.82, 2.24) is 10.5 Å². The zero-order valence-corrected chi connectivity index (χ0v) is 10.2. The second kappa shape index (κ2) is 6.30. The number of nitrogens with one attached hydrogen (secondary N) is 1. The van der Waals surface area contributed by atoms with Crippen LogP contribution in [0.5, 0.6) is 0 Å². The monoisotopic (exact) mass is 255 g/mol. The first-order valence-electron chi connectivity index (χ1n) is 5.80. The summed E-state index contributed by atoms with van der Waals surface area (Å²) in [5.74, 6) is -0.365. The molecule has 1 N–H and O–H groups in total. The molecule has 0 aliphatic heterocycles. The van der Waals surface area contributed by atoms with Crippen molar-refractivity contribution in [3.8, 4) is 0 Å². The van der Waals surface area contributed by atoms with Crippen LogP contribution in [0.1, 0.15) is 15.9 Å². The van der Waals surface area contributed by atoms with E-state index in [1.54, 1.807) is 24.3 Å². The number of benzene rings is 2. The molecule has 0 radical (unpaired) electrons. The van der Waals surface area contributed by atoms with Crippen molar-refractivity contribution < 1.29 is 4.79 Å². The Balaban J connectivity index is 2.00. The van der Waals surface area contributed by atoms with Gasteiger partial charge in [-0.1, -0.05) is 48.5 Å². The molecule has 0 heterocycles. The third-order valence-corrected chi connectivity index (χ3v) is 2.54. The SMILES string of the molecule is O=NN(Cc1ccccc1)NC(=O)c1ccccc1. The first-order valence-corrected chi connectivity index (χ1v) is 5.80. The number of carbonyl (C=O) groups is 1. The number of nitroso groups, excluding NO2 is 1. The number of hydrazine groups is 1. The molecule has 0 saturated heterocycles. The lowest BCUT2D eigenvalue weighted by molar-refractivity contribution is 0.0777. The topological polar surface area (TPSA) is 61.8 Å². The highest BCUT2D eigenvalue weighted by molar-refractivity contribution is 5.93. The average Bonchev–Trinajstić information content (AvgIpc) is 2.48. The number of hydrogen-bond acceptors (Lipinski definition) is 3. The van der Waals surface area contributed by atoms with Crippen LogP contribution in [0.25, 0.3) is 0 Å². The van der Waals surface area contributed by atoms with Crippen LogP contribution in [0.3, 0.4) is 0 Å². The molecule has 1 amide bonds. The molecule has 0 saturated carbocycles. The van der Waals surface area contributed by atoms with E-state index in [1.165, 1.54) is 0 Å². The van der Waals surface area contributed by atoms with Gasteiger partial charge in [0.1, 0.15) is 0 Å². The minimum Gasteiger partial charge on any atom is -0.267 e. The van der Waals surface area contributed by atoms with Crippen LogP contribution < -0.4 is 5.43 Å². The van der Waals surface area contributed by atoms with Crippen molar-refractivity contribution >= 4 is 5.91 Å². The van der Waals surface area contributed by atoms with Gasteiger partial charge in [0.15, 0.2) is 0 Å². The summed E-state index contributed by atoms with van der Waals surface area (Å²) in [4.78, 5) is 22.6. The highest BCUT2D eigenvalue weighted by Crippen LogP contribution is 2.04. The number of amides is 1. The second-order valence-corrected chi connectivity index (χ2v) is 3.93. The Morgan fingerprint density at radius 3 is 2.16 bits per heavy atom. The van der Waals surface area contributed by atoms with Gasteiger partial charge in [-0.3, -0.25) is 4.79 Å². The van der Waals surface area contributed by atoms with Crippen molar-refractivity contribution in [2.75, 3.05) is 0 Å². The van der Waals surface area contributed by atoms with E-state index in [4.69, 9.17) is 0 Å². The maximum atomic E-state index is 11.9. The van der Waals surface area contributed by atoms with Crippen molar-refractivity contribution in [3.05, 3.63) is 76.7 Å². The van der Waals surface area contributed by atoms with Crippen molar-refractivity contribution in [3.63, 3.8) is 0 Å². The predicted octanol–water partition coefficient (Wildman–Crippen LogP) is 2.52. The van der Waals surface area contributed by atoms with E-state index in [1.807, 2.05) is 36.4 Å². The molecule has 5 heteroatoms. The second-order valence-electron chi connectivity index (χ2n) is 3.93. The zero-order chi connectivity index (χ0) is 13.5. The molecule has 0 aliphatic rings. The quantitative estimate of drug-likeness (QED) is 0.659. The summed E-state index contributed by atoms with van der Waals surface area (Å²) in [6.45, 7) is 0.225. The van der Waals surface area contributed by atoms with E-state index in [0.717, 1.165) is 10.7 Å². The molecule has 0 aromatic heterocycles. The highest BCUT2D eigenvalue weighted by atomic mass is 16.3. The van der Waals surface area contributed by atoms with Gasteiger partial charge in [-0.05, 0) is 17.7 Å². The van der Waals surface area contributed by atoms with E-state index in [0.29, 0.717) is 5.56 Å². The third-order valence-electron chi connectivity index (χ3n) is 2.54. The van der Waals surface area contributed by atoms with E-state index >= 15 is 0 Å². The summed E-state index contributed by atoms with van der Waals surface area (Å²) in [6.07, 6.45) is 0. The molecule has 2 rings (SSSR count). The van der Waals surface area contributed by atoms with Crippen LogP contribution in [0.2, 0.25) is 0 Å². The van der Waals surface area contributed by atoms with E-state index in [2.05, 4.69) is 10.7 Å². The van der Waals surface area contributed by atoms with Gasteiger partial charge in [0.2, 0.25) is 0 Å². The first kappa shape index (κ1) is 12.8. The fraction of sp³-hybridized carbons (Fsp3) is 0.0714. The van der Waals surface area contributed by atoms with Crippen molar-refractivity contribution in [2.45, 2.75) is 6.54 Å². The Hall–Kier alpha value is -2.69. The van der Waals surface area contributed by atoms with Gasteiger partial charge in [0.25, 0.3) is 5.91 Å². The average molecular weight is 255 g/mol. The van der Waals surface area contributed by atoms with Gasteiger partial charge in [0.05, 0.1) is 11.8 Å². The van der Waals surface area contributed by atoms with Crippen LogP contribution in [0, 0.1) is 4.91 Å². The molecule has 19 heavy (non-hydrogen) atoms. The fourth-order valence-corrected chi connectivity index (χ4v) is 1.62. The summed E-state index contributed by atoms with van der Waals surface area (Å²) < 4.78 is 0. The molecule has 0 unspecified atom stereocenters. The van der Waals surface area contributed by atoms with E-state index < -0.39 is 0 Å². The van der Waals surface area contributed by atoms with Gasteiger partial charge < -0.3 is 0 Å². The summed E-state index contributed by atoms with van der Waals surface area (Å²) in [7, 11) is 0. The zero-order valence-electron chi connectivity index (χ0n) is 10.2. The Labute approximate surface area is 110 Å². The molecule has 5 nitrogen and oxygen atoms in total. The van der Waals surface area contributed by atoms with Crippen LogP contribution in [0.4, 0.5) is 0 Å². The molecule has 2 aromatic rings. The molecular weight excluding hydrogens is 242 g/mol. The number of carbonyl (C=O) groups excluding carboxylic acids is 1. The number of rotatable bonds is 5. The molecule has 0 aliphatic carbocycles. The minimum atomic E-state index is -0.365. The summed E-state index contributed by atoms with van der Waals surface area (Å²) in [6, 6.07) is 18.0. The van der Waals surface area contributed by atoms with E-state index in [-0.39, 0.29) is 12.5 Å². The maximum absolute atomic E-state index is 11.9. The van der Waals surface area contributed by atoms with Gasteiger partial charge in [-0.2, -0.15) is 5.12 Å². The molecular formula is C14H13N3O2. The lowest BCUT2D eigenvalue weighted by atomic mass is 10.2. The summed E-state index contributed by atoms with van der Waals surface area (Å²) >= 11 is 0. The summed E-state index contributed by atoms with van der Waals surface area (Å²) in [5.41, 5.74) is 3.81. The minimum absolute atomic E-state index is 0.225. The van der Waals surface area contributed by atoms with Gasteiger partial charge in [-0.15, -0.1) is 4.91 Å². The predicted molar refractivity (Wildman–Crippen MR) is 71.7 cm³/mol. The van der Waals surface area contributed by atoms with Crippen LogP contribution in [0.15, 0.2) is 65.9 Å². The first-order chi connectivity index (χ1) is 9.29. The van der Waals surface area contributed by atoms with Gasteiger partial charge >= 0.3 is 0 Å². The normalized spacial score (nSPS) is 9.68. The number of nitrogens with zero attached hydrogens (tertiary/aromatic N) is 2. The molecule has 0 fully saturated rings. The lowest BCUT2D eigenvalue weighted by Crippen LogP contribution is -2.37. The molecule has 0 spiro atoms. The maximum Gasteiger partial charge on any atom is 0.271 e. The molecule has 96 valence electrons. The van der Waals surface area contributed by atoms with Crippen molar-refractivity contribution in [2.24, 2.45) is 5.29 Å². The highest BCUT2D eigenvalue weighted by Gasteiger charge is 2.10. The molecule has 0 atom stereocenters. The summed E-state index contributed by atoms with van der Waals surface area (Å²) in [5, 5.41) is 3.78. The van der Waals surface area contributed by atoms with Gasteiger partial charge in [0, 0.05) is 5.56 Å². The Morgan fingerprint density at radius 1 is 1.00 bits per heavy atom. The van der Waals surface area contributed by atoms with Crippen molar-refractivity contribution in [1.29, 1.82) is 0 Å². The number of hydrogen-bond donors (Lipinski definition) is 1. The Morgan fingerprint density at radius 2 is 1.58 bits per heavy atom. The van der Waals surface area contributed by atoms with Crippen LogP contribution in [-0.2, 0) is 6.54 Å². The third kappa shape index (κ3) is 3.64. The Kier molecular flexibility index (Phi) is 4.23. The van der Waals surface area contributed by atoms with E-state index in [9.17, 15) is 9.70 Å².